The van der Waals surface area contributed by atoms with Crippen LogP contribution < -0.4 is 5.73 Å². The zero-order valence-electron chi connectivity index (χ0n) is 7.20. The van der Waals surface area contributed by atoms with Crippen molar-refractivity contribution in [3.8, 4) is 0 Å². The standard InChI is InChI=1S/C8H5BrCl2F2N2/c9-3-1-4(12)7(13)6(11)8(3)15-5(14)2-10/h1H,2H2,(H2,14,15). The first-order chi connectivity index (χ1) is 6.97. The summed E-state index contributed by atoms with van der Waals surface area (Å²) in [5.41, 5.74) is 5.38. The summed E-state index contributed by atoms with van der Waals surface area (Å²) in [5.74, 6) is -2.19. The van der Waals surface area contributed by atoms with Crippen molar-refractivity contribution in [3.63, 3.8) is 0 Å². The van der Waals surface area contributed by atoms with E-state index in [4.69, 9.17) is 28.9 Å². The lowest BCUT2D eigenvalue weighted by Gasteiger charge is -2.04. The van der Waals surface area contributed by atoms with Crippen LogP contribution in [0, 0.1) is 11.6 Å². The van der Waals surface area contributed by atoms with Crippen LogP contribution in [0.25, 0.3) is 0 Å². The molecule has 0 bridgehead atoms. The molecule has 0 aromatic heterocycles. The predicted octanol–water partition coefficient (Wildman–Crippen LogP) is 3.61. The Kier molecular flexibility index (Phi) is 4.31. The lowest BCUT2D eigenvalue weighted by molar-refractivity contribution is 0.508. The highest BCUT2D eigenvalue weighted by Gasteiger charge is 2.15. The Morgan fingerprint density at radius 1 is 1.53 bits per heavy atom. The normalized spacial score (nSPS) is 11.9. The minimum atomic E-state index is -1.17. The van der Waals surface area contributed by atoms with E-state index in [0.717, 1.165) is 6.07 Å². The Morgan fingerprint density at radius 2 is 2.13 bits per heavy atom. The van der Waals surface area contributed by atoms with Crippen LogP contribution in [0.3, 0.4) is 0 Å². The summed E-state index contributed by atoms with van der Waals surface area (Å²) in [6, 6.07) is 0.918. The molecule has 0 spiro atoms. The molecule has 0 aliphatic heterocycles. The number of aliphatic imine (C=N–C) groups is 1. The second-order valence-corrected chi connectivity index (χ2v) is 4.05. The first-order valence-electron chi connectivity index (χ1n) is 3.69. The van der Waals surface area contributed by atoms with Crippen molar-refractivity contribution >= 4 is 50.7 Å². The quantitative estimate of drug-likeness (QED) is 0.292. The van der Waals surface area contributed by atoms with Gasteiger partial charge in [0.2, 0.25) is 0 Å². The number of hydrogen-bond acceptors (Lipinski definition) is 1. The Bertz CT molecular complexity index is 424. The van der Waals surface area contributed by atoms with E-state index < -0.39 is 16.7 Å². The van der Waals surface area contributed by atoms with E-state index in [-0.39, 0.29) is 21.9 Å². The molecule has 1 rings (SSSR count). The van der Waals surface area contributed by atoms with Crippen molar-refractivity contribution in [2.75, 3.05) is 5.88 Å². The van der Waals surface area contributed by atoms with E-state index in [0.29, 0.717) is 0 Å². The maximum absolute atomic E-state index is 13.1. The molecule has 0 fully saturated rings. The van der Waals surface area contributed by atoms with Crippen molar-refractivity contribution < 1.29 is 8.78 Å². The molecule has 0 unspecified atom stereocenters. The fourth-order valence-corrected chi connectivity index (χ4v) is 1.73. The molecule has 1 aromatic carbocycles. The van der Waals surface area contributed by atoms with Crippen molar-refractivity contribution in [3.05, 3.63) is 27.2 Å². The van der Waals surface area contributed by atoms with Gasteiger partial charge < -0.3 is 5.73 Å². The molecule has 0 atom stereocenters. The Hall–Kier alpha value is -0.390. The molecule has 15 heavy (non-hydrogen) atoms. The topological polar surface area (TPSA) is 38.4 Å². The number of hydrogen-bond donors (Lipinski definition) is 1. The van der Waals surface area contributed by atoms with Crippen LogP contribution in [0.4, 0.5) is 14.5 Å². The summed E-state index contributed by atoms with van der Waals surface area (Å²) in [4.78, 5) is 3.76. The van der Waals surface area contributed by atoms with Gasteiger partial charge in [-0.25, -0.2) is 13.8 Å². The van der Waals surface area contributed by atoms with Gasteiger partial charge in [-0.3, -0.25) is 0 Å². The highest BCUT2D eigenvalue weighted by atomic mass is 79.9. The van der Waals surface area contributed by atoms with E-state index in [1.807, 2.05) is 0 Å². The van der Waals surface area contributed by atoms with Gasteiger partial charge in [0.15, 0.2) is 11.6 Å². The average molecular weight is 318 g/mol. The molecule has 7 heteroatoms. The average Bonchev–Trinajstić information content (AvgIpc) is 2.21. The summed E-state index contributed by atoms with van der Waals surface area (Å²) >= 11 is 13.9. The number of halogens is 5. The third-order valence-electron chi connectivity index (χ3n) is 1.48. The zero-order chi connectivity index (χ0) is 11.6. The lowest BCUT2D eigenvalue weighted by Crippen LogP contribution is -2.12. The molecule has 2 N–H and O–H groups in total. The molecule has 0 amide bonds. The molecule has 0 heterocycles. The summed E-state index contributed by atoms with van der Waals surface area (Å²) in [6.07, 6.45) is 0. The Balaban J connectivity index is 3.36. The van der Waals surface area contributed by atoms with Crippen LogP contribution in [-0.2, 0) is 0 Å². The van der Waals surface area contributed by atoms with Crippen molar-refractivity contribution in [1.82, 2.24) is 0 Å². The predicted molar refractivity (Wildman–Crippen MR) is 61.1 cm³/mol. The maximum Gasteiger partial charge on any atom is 0.179 e. The van der Waals surface area contributed by atoms with Gasteiger partial charge in [-0.2, -0.15) is 0 Å². The third kappa shape index (κ3) is 2.80. The van der Waals surface area contributed by atoms with Crippen LogP contribution in [0.5, 0.6) is 0 Å². The van der Waals surface area contributed by atoms with E-state index in [1.54, 1.807) is 0 Å². The third-order valence-corrected chi connectivity index (χ3v) is 2.71. The van der Waals surface area contributed by atoms with Gasteiger partial charge in [-0.15, -0.1) is 11.6 Å². The molecule has 0 aliphatic rings. The second kappa shape index (κ2) is 5.09. The molecular weight excluding hydrogens is 313 g/mol. The summed E-state index contributed by atoms with van der Waals surface area (Å²) < 4.78 is 26.1. The lowest BCUT2D eigenvalue weighted by atomic mass is 10.3. The van der Waals surface area contributed by atoms with Crippen LogP contribution >= 0.6 is 39.1 Å². The van der Waals surface area contributed by atoms with E-state index in [1.165, 1.54) is 0 Å². The summed E-state index contributed by atoms with van der Waals surface area (Å²) in [5, 5.41) is -0.435. The number of rotatable bonds is 2. The van der Waals surface area contributed by atoms with Crippen LogP contribution in [-0.4, -0.2) is 11.7 Å². The van der Waals surface area contributed by atoms with Gasteiger partial charge in [0.1, 0.15) is 16.5 Å². The fraction of sp³-hybridized carbons (Fsp3) is 0.125. The molecular formula is C8H5BrCl2F2N2. The summed E-state index contributed by atoms with van der Waals surface area (Å²) in [6.45, 7) is 0. The second-order valence-electron chi connectivity index (χ2n) is 2.55. The molecule has 0 aliphatic carbocycles. The van der Waals surface area contributed by atoms with Gasteiger partial charge >= 0.3 is 0 Å². The van der Waals surface area contributed by atoms with Crippen LogP contribution in [0.2, 0.25) is 5.02 Å². The molecule has 0 saturated heterocycles. The molecule has 0 saturated carbocycles. The number of benzene rings is 1. The van der Waals surface area contributed by atoms with Crippen molar-refractivity contribution in [1.29, 1.82) is 0 Å². The van der Waals surface area contributed by atoms with Gasteiger partial charge in [-0.05, 0) is 22.0 Å². The van der Waals surface area contributed by atoms with Crippen LogP contribution in [0.1, 0.15) is 0 Å². The Labute approximate surface area is 103 Å². The van der Waals surface area contributed by atoms with E-state index in [2.05, 4.69) is 20.9 Å². The number of nitrogens with two attached hydrogens (primary N) is 1. The zero-order valence-corrected chi connectivity index (χ0v) is 10.3. The van der Waals surface area contributed by atoms with Crippen molar-refractivity contribution in [2.45, 2.75) is 0 Å². The number of amidine groups is 1. The minimum Gasteiger partial charge on any atom is -0.386 e. The molecule has 82 valence electrons. The molecule has 1 aromatic rings. The van der Waals surface area contributed by atoms with Gasteiger partial charge in [0.25, 0.3) is 0 Å². The SMILES string of the molecule is NC(CCl)=Nc1c(Br)cc(F)c(F)c1Cl. The van der Waals surface area contributed by atoms with E-state index in [9.17, 15) is 8.78 Å². The minimum absolute atomic E-state index is 0.0220. The molecule has 2 nitrogen and oxygen atoms in total. The highest BCUT2D eigenvalue weighted by Crippen LogP contribution is 2.36. The summed E-state index contributed by atoms with van der Waals surface area (Å²) in [7, 11) is 0. The van der Waals surface area contributed by atoms with Crippen molar-refractivity contribution in [2.24, 2.45) is 10.7 Å². The van der Waals surface area contributed by atoms with Crippen LogP contribution in [0.15, 0.2) is 15.5 Å². The number of nitrogens with zero attached hydrogens (tertiary/aromatic N) is 1. The van der Waals surface area contributed by atoms with Gasteiger partial charge in [-0.1, -0.05) is 11.6 Å². The first kappa shape index (κ1) is 12.7. The smallest absolute Gasteiger partial charge is 0.179 e. The Morgan fingerprint density at radius 3 is 2.67 bits per heavy atom. The molecule has 0 radical (unpaired) electrons. The maximum atomic E-state index is 13.1. The monoisotopic (exact) mass is 316 g/mol. The van der Waals surface area contributed by atoms with Gasteiger partial charge in [0.05, 0.1) is 5.88 Å². The van der Waals surface area contributed by atoms with Gasteiger partial charge in [0, 0.05) is 4.47 Å². The van der Waals surface area contributed by atoms with E-state index >= 15 is 0 Å². The number of alkyl halides is 1. The highest BCUT2D eigenvalue weighted by molar-refractivity contribution is 9.10. The fourth-order valence-electron chi connectivity index (χ4n) is 0.833. The first-order valence-corrected chi connectivity index (χ1v) is 5.40. The largest absolute Gasteiger partial charge is 0.386 e.